The van der Waals surface area contributed by atoms with E-state index >= 15 is 0 Å². The molecule has 1 unspecified atom stereocenters. The van der Waals surface area contributed by atoms with Crippen molar-refractivity contribution in [2.45, 2.75) is 25.4 Å². The zero-order chi connectivity index (χ0) is 16.4. The Morgan fingerprint density at radius 2 is 2.17 bits per heavy atom. The lowest BCUT2D eigenvalue weighted by Crippen LogP contribution is -2.23. The molecule has 1 fully saturated rings. The SMILES string of the molecule is CN(C)c1cccc(C2CCCN2Cc2cc(=O)c(O)co2)c1. The molecule has 23 heavy (non-hydrogen) atoms. The van der Waals surface area contributed by atoms with E-state index in [0.29, 0.717) is 18.3 Å². The van der Waals surface area contributed by atoms with Crippen molar-refractivity contribution in [2.24, 2.45) is 0 Å². The molecule has 1 aliphatic rings. The minimum atomic E-state index is -0.392. The van der Waals surface area contributed by atoms with Crippen molar-refractivity contribution in [1.29, 1.82) is 0 Å². The maximum absolute atomic E-state index is 11.6. The van der Waals surface area contributed by atoms with Crippen LogP contribution in [0.3, 0.4) is 0 Å². The number of benzene rings is 1. The van der Waals surface area contributed by atoms with E-state index in [1.54, 1.807) is 0 Å². The van der Waals surface area contributed by atoms with Crippen LogP contribution in [0.25, 0.3) is 0 Å². The predicted octanol–water partition coefficient (Wildman–Crippen LogP) is 2.75. The fourth-order valence-electron chi connectivity index (χ4n) is 3.13. The van der Waals surface area contributed by atoms with Crippen LogP contribution in [0, 0.1) is 0 Å². The molecule has 1 aliphatic heterocycles. The highest BCUT2D eigenvalue weighted by atomic mass is 16.4. The molecular formula is C18H22N2O3. The molecule has 0 radical (unpaired) electrons. The lowest BCUT2D eigenvalue weighted by atomic mass is 10.0. The molecule has 1 atom stereocenters. The Morgan fingerprint density at radius 1 is 1.35 bits per heavy atom. The standard InChI is InChI=1S/C18H22N2O3/c1-19(2)14-6-3-5-13(9-14)16-7-4-8-20(16)11-15-10-17(21)18(22)12-23-15/h3,5-6,9-10,12,16,22H,4,7-8,11H2,1-2H3. The van der Waals surface area contributed by atoms with Gasteiger partial charge in [0, 0.05) is 31.9 Å². The van der Waals surface area contributed by atoms with Crippen LogP contribution in [-0.4, -0.2) is 30.6 Å². The summed E-state index contributed by atoms with van der Waals surface area (Å²) in [5.74, 6) is 0.244. The van der Waals surface area contributed by atoms with Crippen LogP contribution in [0.2, 0.25) is 0 Å². The van der Waals surface area contributed by atoms with Crippen LogP contribution >= 0.6 is 0 Å². The molecule has 0 amide bonds. The van der Waals surface area contributed by atoms with Gasteiger partial charge in [0.05, 0.1) is 6.54 Å². The van der Waals surface area contributed by atoms with E-state index in [-0.39, 0.29) is 5.75 Å². The molecule has 1 aromatic carbocycles. The third kappa shape index (κ3) is 3.40. The molecule has 2 heterocycles. The number of hydrogen-bond donors (Lipinski definition) is 1. The second-order valence-corrected chi connectivity index (χ2v) is 6.21. The normalized spacial score (nSPS) is 18.3. The van der Waals surface area contributed by atoms with E-state index in [4.69, 9.17) is 4.42 Å². The summed E-state index contributed by atoms with van der Waals surface area (Å²) in [7, 11) is 4.08. The second kappa shape index (κ2) is 6.46. The van der Waals surface area contributed by atoms with E-state index in [9.17, 15) is 9.90 Å². The van der Waals surface area contributed by atoms with Crippen LogP contribution in [0.4, 0.5) is 5.69 Å². The van der Waals surface area contributed by atoms with E-state index in [2.05, 4.69) is 34.1 Å². The van der Waals surface area contributed by atoms with Crippen LogP contribution in [0.15, 0.2) is 45.8 Å². The van der Waals surface area contributed by atoms with Gasteiger partial charge in [0.25, 0.3) is 0 Å². The van der Waals surface area contributed by atoms with Crippen LogP contribution in [0.5, 0.6) is 5.75 Å². The molecule has 0 saturated carbocycles. The van der Waals surface area contributed by atoms with Crippen LogP contribution < -0.4 is 10.3 Å². The first-order valence-corrected chi connectivity index (χ1v) is 7.86. The average Bonchev–Trinajstić information content (AvgIpc) is 2.99. The molecule has 2 aromatic rings. The maximum Gasteiger partial charge on any atom is 0.226 e. The van der Waals surface area contributed by atoms with Crippen LogP contribution in [0.1, 0.15) is 30.2 Å². The largest absolute Gasteiger partial charge is 0.502 e. The van der Waals surface area contributed by atoms with Gasteiger partial charge in [0.15, 0.2) is 5.75 Å². The summed E-state index contributed by atoms with van der Waals surface area (Å²) in [6.07, 6.45) is 3.34. The van der Waals surface area contributed by atoms with Gasteiger partial charge in [-0.25, -0.2) is 0 Å². The summed E-state index contributed by atoms with van der Waals surface area (Å²) in [4.78, 5) is 16.0. The first-order valence-electron chi connectivity index (χ1n) is 7.86. The van der Waals surface area contributed by atoms with Gasteiger partial charge in [-0.1, -0.05) is 12.1 Å². The Balaban J connectivity index is 1.81. The molecule has 5 nitrogen and oxygen atoms in total. The highest BCUT2D eigenvalue weighted by Crippen LogP contribution is 2.34. The molecule has 0 aliphatic carbocycles. The number of rotatable bonds is 4. The van der Waals surface area contributed by atoms with E-state index in [0.717, 1.165) is 25.6 Å². The number of nitrogens with zero attached hydrogens (tertiary/aromatic N) is 2. The van der Waals surface area contributed by atoms with Gasteiger partial charge in [0.1, 0.15) is 12.0 Å². The van der Waals surface area contributed by atoms with Crippen molar-refractivity contribution in [1.82, 2.24) is 4.90 Å². The third-order valence-corrected chi connectivity index (χ3v) is 4.36. The van der Waals surface area contributed by atoms with Gasteiger partial charge in [-0.2, -0.15) is 0 Å². The maximum atomic E-state index is 11.6. The highest BCUT2D eigenvalue weighted by Gasteiger charge is 2.27. The summed E-state index contributed by atoms with van der Waals surface area (Å²) in [6.45, 7) is 1.55. The topological polar surface area (TPSA) is 56.9 Å². The summed E-state index contributed by atoms with van der Waals surface area (Å²) in [6, 6.07) is 10.3. The van der Waals surface area contributed by atoms with Gasteiger partial charge < -0.3 is 14.4 Å². The van der Waals surface area contributed by atoms with Gasteiger partial charge in [-0.05, 0) is 37.1 Å². The molecule has 122 valence electrons. The van der Waals surface area contributed by atoms with Gasteiger partial charge in [0.2, 0.25) is 5.43 Å². The van der Waals surface area contributed by atoms with Gasteiger partial charge in [-0.15, -0.1) is 0 Å². The monoisotopic (exact) mass is 314 g/mol. The number of aromatic hydroxyl groups is 1. The second-order valence-electron chi connectivity index (χ2n) is 6.21. The zero-order valence-electron chi connectivity index (χ0n) is 13.5. The van der Waals surface area contributed by atoms with Crippen molar-refractivity contribution in [3.8, 4) is 5.75 Å². The fourth-order valence-corrected chi connectivity index (χ4v) is 3.13. The average molecular weight is 314 g/mol. The van der Waals surface area contributed by atoms with E-state index in [1.165, 1.54) is 17.3 Å². The molecule has 0 bridgehead atoms. The molecular weight excluding hydrogens is 292 g/mol. The first kappa shape index (κ1) is 15.6. The number of likely N-dealkylation sites (tertiary alicyclic amines) is 1. The van der Waals surface area contributed by atoms with Crippen molar-refractivity contribution < 1.29 is 9.52 Å². The van der Waals surface area contributed by atoms with Crippen molar-refractivity contribution in [3.05, 3.63) is 58.1 Å². The number of anilines is 1. The lowest BCUT2D eigenvalue weighted by molar-refractivity contribution is 0.224. The summed E-state index contributed by atoms with van der Waals surface area (Å²) < 4.78 is 5.35. The summed E-state index contributed by atoms with van der Waals surface area (Å²) >= 11 is 0. The Labute approximate surface area is 135 Å². The molecule has 1 saturated heterocycles. The third-order valence-electron chi connectivity index (χ3n) is 4.36. The molecule has 1 aromatic heterocycles. The lowest BCUT2D eigenvalue weighted by Gasteiger charge is -2.25. The highest BCUT2D eigenvalue weighted by molar-refractivity contribution is 5.48. The Hall–Kier alpha value is -2.27. The van der Waals surface area contributed by atoms with Crippen molar-refractivity contribution in [2.75, 3.05) is 25.5 Å². The van der Waals surface area contributed by atoms with Crippen LogP contribution in [-0.2, 0) is 6.54 Å². The molecule has 0 spiro atoms. The smallest absolute Gasteiger partial charge is 0.226 e. The summed E-state index contributed by atoms with van der Waals surface area (Å²) in [5, 5.41) is 9.29. The molecule has 3 rings (SSSR count). The Morgan fingerprint density at radius 3 is 2.91 bits per heavy atom. The molecule has 5 heteroatoms. The Kier molecular flexibility index (Phi) is 4.39. The minimum Gasteiger partial charge on any atom is -0.502 e. The molecule has 1 N–H and O–H groups in total. The first-order chi connectivity index (χ1) is 11.0. The van der Waals surface area contributed by atoms with Crippen molar-refractivity contribution in [3.63, 3.8) is 0 Å². The zero-order valence-corrected chi connectivity index (χ0v) is 13.5. The van der Waals surface area contributed by atoms with Gasteiger partial charge in [-0.3, -0.25) is 9.69 Å². The van der Waals surface area contributed by atoms with Crippen molar-refractivity contribution >= 4 is 5.69 Å². The Bertz CT molecular complexity index is 739. The summed E-state index contributed by atoms with van der Waals surface area (Å²) in [5.41, 5.74) is 2.08. The predicted molar refractivity (Wildman–Crippen MR) is 89.8 cm³/mol. The quantitative estimate of drug-likeness (QED) is 0.940. The number of hydrogen-bond acceptors (Lipinski definition) is 5. The van der Waals surface area contributed by atoms with E-state index < -0.39 is 5.43 Å². The van der Waals surface area contributed by atoms with E-state index in [1.807, 2.05) is 14.1 Å². The minimum absolute atomic E-state index is 0.328. The fraction of sp³-hybridized carbons (Fsp3) is 0.389. The van der Waals surface area contributed by atoms with Gasteiger partial charge >= 0.3 is 0 Å².